The van der Waals surface area contributed by atoms with Gasteiger partial charge in [0, 0.05) is 0 Å². The summed E-state index contributed by atoms with van der Waals surface area (Å²) in [7, 11) is -3.77. The lowest BCUT2D eigenvalue weighted by Gasteiger charge is -2.04. The number of rotatable bonds is 5. The molecule has 1 radical (unpaired) electrons. The zero-order valence-electron chi connectivity index (χ0n) is 9.81. The minimum atomic E-state index is -3.77. The fourth-order valence-corrected chi connectivity index (χ4v) is 2.29. The van der Waals surface area contributed by atoms with Crippen molar-refractivity contribution in [2.75, 3.05) is 0 Å². The van der Waals surface area contributed by atoms with E-state index in [4.69, 9.17) is 4.42 Å². The fourth-order valence-electron chi connectivity index (χ4n) is 1.39. The van der Waals surface area contributed by atoms with E-state index < -0.39 is 15.9 Å². The van der Waals surface area contributed by atoms with E-state index >= 15 is 0 Å². The SMILES string of the molecule is O=C(N[N]S(=O)(=O)Cc1ccccc1)c1ccco1. The highest BCUT2D eigenvalue weighted by Gasteiger charge is 2.16. The topological polar surface area (TPSA) is 90.5 Å². The molecule has 19 heavy (non-hydrogen) atoms. The predicted octanol–water partition coefficient (Wildman–Crippen LogP) is 1.06. The number of nitrogens with one attached hydrogen (secondary N) is 1. The summed E-state index contributed by atoms with van der Waals surface area (Å²) >= 11 is 0. The molecule has 0 fully saturated rings. The van der Waals surface area contributed by atoms with Gasteiger partial charge in [-0.2, -0.15) is 0 Å². The number of carbonyl (C=O) groups excluding carboxylic acids is 1. The summed E-state index contributed by atoms with van der Waals surface area (Å²) in [4.78, 5) is 14.7. The van der Waals surface area contributed by atoms with E-state index in [1.54, 1.807) is 30.3 Å². The van der Waals surface area contributed by atoms with Crippen molar-refractivity contribution in [1.82, 2.24) is 10.3 Å². The van der Waals surface area contributed by atoms with Crippen LogP contribution in [0.4, 0.5) is 0 Å². The third-order valence-electron chi connectivity index (χ3n) is 2.22. The molecular weight excluding hydrogens is 268 g/mol. The molecule has 0 aliphatic rings. The molecule has 0 spiro atoms. The highest BCUT2D eigenvalue weighted by molar-refractivity contribution is 7.88. The second-order valence-corrected chi connectivity index (χ2v) is 5.36. The molecule has 1 N–H and O–H groups in total. The van der Waals surface area contributed by atoms with Crippen LogP contribution >= 0.6 is 0 Å². The maximum absolute atomic E-state index is 11.7. The third-order valence-corrected chi connectivity index (χ3v) is 3.29. The lowest BCUT2D eigenvalue weighted by atomic mass is 10.2. The van der Waals surface area contributed by atoms with E-state index in [9.17, 15) is 13.2 Å². The van der Waals surface area contributed by atoms with Crippen LogP contribution in [0.3, 0.4) is 0 Å². The number of carbonyl (C=O) groups is 1. The predicted molar refractivity (Wildman–Crippen MR) is 67.4 cm³/mol. The molecule has 0 saturated heterocycles. The van der Waals surface area contributed by atoms with Gasteiger partial charge in [0.15, 0.2) is 5.76 Å². The first kappa shape index (κ1) is 13.3. The second kappa shape index (κ2) is 5.68. The molecule has 7 heteroatoms. The van der Waals surface area contributed by atoms with E-state index in [0.29, 0.717) is 5.56 Å². The van der Waals surface area contributed by atoms with Crippen molar-refractivity contribution in [2.45, 2.75) is 5.75 Å². The van der Waals surface area contributed by atoms with Crippen LogP contribution in [0, 0.1) is 0 Å². The number of hydrogen-bond acceptors (Lipinski definition) is 4. The largest absolute Gasteiger partial charge is 0.459 e. The lowest BCUT2D eigenvalue weighted by Crippen LogP contribution is -2.35. The summed E-state index contributed by atoms with van der Waals surface area (Å²) < 4.78 is 28.1. The Morgan fingerprint density at radius 1 is 1.16 bits per heavy atom. The Morgan fingerprint density at radius 2 is 1.89 bits per heavy atom. The Labute approximate surface area is 110 Å². The van der Waals surface area contributed by atoms with Gasteiger partial charge >= 0.3 is 5.91 Å². The molecule has 0 bridgehead atoms. The van der Waals surface area contributed by atoms with Crippen LogP contribution in [0.2, 0.25) is 0 Å². The van der Waals surface area contributed by atoms with Crippen LogP contribution < -0.4 is 10.3 Å². The summed E-state index contributed by atoms with van der Waals surface area (Å²) in [6.07, 6.45) is 1.31. The Morgan fingerprint density at radius 3 is 2.53 bits per heavy atom. The molecule has 0 aliphatic heterocycles. The van der Waals surface area contributed by atoms with Crippen LogP contribution in [-0.2, 0) is 15.8 Å². The van der Waals surface area contributed by atoms with Crippen LogP contribution in [0.1, 0.15) is 16.1 Å². The van der Waals surface area contributed by atoms with Crippen molar-refractivity contribution >= 4 is 15.9 Å². The molecule has 6 nitrogen and oxygen atoms in total. The smallest absolute Gasteiger partial charge is 0.303 e. The van der Waals surface area contributed by atoms with Gasteiger partial charge < -0.3 is 4.42 Å². The van der Waals surface area contributed by atoms with Gasteiger partial charge in [-0.15, -0.1) is 0 Å². The van der Waals surface area contributed by atoms with Crippen molar-refractivity contribution in [3.05, 3.63) is 60.1 Å². The zero-order valence-corrected chi connectivity index (χ0v) is 10.6. The number of benzene rings is 1. The Bertz CT molecular complexity index is 636. The molecule has 0 atom stereocenters. The Balaban J connectivity index is 1.93. The third kappa shape index (κ3) is 3.94. The minimum Gasteiger partial charge on any atom is -0.459 e. The first-order chi connectivity index (χ1) is 9.07. The monoisotopic (exact) mass is 279 g/mol. The summed E-state index contributed by atoms with van der Waals surface area (Å²) in [6, 6.07) is 11.5. The van der Waals surface area contributed by atoms with Crippen molar-refractivity contribution in [2.24, 2.45) is 0 Å². The summed E-state index contributed by atoms with van der Waals surface area (Å²) in [5.74, 6) is -0.980. The molecule has 0 unspecified atom stereocenters. The normalized spacial score (nSPS) is 11.2. The average molecular weight is 279 g/mol. The number of amides is 1. The average Bonchev–Trinajstić information content (AvgIpc) is 2.91. The van der Waals surface area contributed by atoms with Crippen molar-refractivity contribution in [3.8, 4) is 0 Å². The van der Waals surface area contributed by atoms with Gasteiger partial charge in [0.2, 0.25) is 0 Å². The minimum absolute atomic E-state index is 0.00124. The standard InChI is InChI=1S/C12H11N2O4S/c15-12(11-7-4-8-18-11)13-14-19(16,17)9-10-5-2-1-3-6-10/h1-8H,9H2,(H,13,15). The number of nitrogens with zero attached hydrogens (tertiary/aromatic N) is 1. The maximum atomic E-state index is 11.7. The molecule has 1 amide bonds. The van der Waals surface area contributed by atoms with Gasteiger partial charge in [0.25, 0.3) is 10.0 Å². The molecule has 1 aromatic heterocycles. The second-order valence-electron chi connectivity index (χ2n) is 3.72. The van der Waals surface area contributed by atoms with E-state index in [1.807, 2.05) is 5.43 Å². The summed E-state index contributed by atoms with van der Waals surface area (Å²) in [5, 5.41) is 0. The summed E-state index contributed by atoms with van der Waals surface area (Å²) in [6.45, 7) is 0. The molecule has 99 valence electrons. The molecule has 1 aromatic carbocycles. The summed E-state index contributed by atoms with van der Waals surface area (Å²) in [5.41, 5.74) is 2.55. The van der Waals surface area contributed by atoms with Crippen molar-refractivity contribution in [1.29, 1.82) is 0 Å². The van der Waals surface area contributed by atoms with E-state index in [1.165, 1.54) is 18.4 Å². The Hall–Kier alpha value is -2.12. The van der Waals surface area contributed by atoms with Crippen LogP contribution in [-0.4, -0.2) is 14.3 Å². The van der Waals surface area contributed by atoms with E-state index in [-0.39, 0.29) is 11.5 Å². The molecule has 2 aromatic rings. The number of sulfonamides is 1. The van der Waals surface area contributed by atoms with Gasteiger partial charge in [-0.3, -0.25) is 10.2 Å². The van der Waals surface area contributed by atoms with E-state index in [2.05, 4.69) is 4.83 Å². The highest BCUT2D eigenvalue weighted by atomic mass is 32.2. The molecule has 0 saturated carbocycles. The molecule has 1 heterocycles. The first-order valence-electron chi connectivity index (χ1n) is 5.39. The highest BCUT2D eigenvalue weighted by Crippen LogP contribution is 2.04. The van der Waals surface area contributed by atoms with Crippen LogP contribution in [0.25, 0.3) is 0 Å². The molecule has 2 rings (SSSR count). The quantitative estimate of drug-likeness (QED) is 0.828. The van der Waals surface area contributed by atoms with E-state index in [0.717, 1.165) is 0 Å². The fraction of sp³-hybridized carbons (Fsp3) is 0.0833. The maximum Gasteiger partial charge on any atom is 0.303 e. The first-order valence-corrected chi connectivity index (χ1v) is 7.00. The van der Waals surface area contributed by atoms with Crippen molar-refractivity contribution in [3.63, 3.8) is 0 Å². The molecular formula is C12H11N2O4S. The number of hydrogen-bond donors (Lipinski definition) is 1. The van der Waals surface area contributed by atoms with Crippen molar-refractivity contribution < 1.29 is 17.6 Å². The van der Waals surface area contributed by atoms with Gasteiger partial charge in [0.1, 0.15) is 0 Å². The number of furan rings is 1. The Kier molecular flexibility index (Phi) is 3.98. The lowest BCUT2D eigenvalue weighted by molar-refractivity contribution is 0.0915. The molecule has 0 aliphatic carbocycles. The van der Waals surface area contributed by atoms with Crippen LogP contribution in [0.15, 0.2) is 53.1 Å². The van der Waals surface area contributed by atoms with Gasteiger partial charge in [-0.1, -0.05) is 30.3 Å². The zero-order chi connectivity index (χ0) is 13.7. The van der Waals surface area contributed by atoms with Gasteiger partial charge in [0.05, 0.1) is 12.0 Å². The van der Waals surface area contributed by atoms with Gasteiger partial charge in [-0.25, -0.2) is 8.42 Å². The van der Waals surface area contributed by atoms with Crippen LogP contribution in [0.5, 0.6) is 0 Å². The van der Waals surface area contributed by atoms with Gasteiger partial charge in [-0.05, 0) is 22.5 Å².